The van der Waals surface area contributed by atoms with Crippen LogP contribution in [0.2, 0.25) is 0 Å². The lowest BCUT2D eigenvalue weighted by Crippen LogP contribution is -2.17. The summed E-state index contributed by atoms with van der Waals surface area (Å²) in [5, 5.41) is 13.2. The van der Waals surface area contributed by atoms with E-state index in [1.165, 1.54) is 11.8 Å². The molecule has 5 aromatic rings. The number of para-hydroxylation sites is 1. The van der Waals surface area contributed by atoms with Crippen LogP contribution < -0.4 is 19.5 Å². The molecule has 0 saturated heterocycles. The van der Waals surface area contributed by atoms with Gasteiger partial charge in [0.15, 0.2) is 22.3 Å². The van der Waals surface area contributed by atoms with Crippen molar-refractivity contribution in [1.29, 1.82) is 0 Å². The highest BCUT2D eigenvalue weighted by Gasteiger charge is 2.19. The number of nitrogens with zero attached hydrogens (tertiary/aromatic N) is 4. The maximum Gasteiger partial charge on any atom is 0.234 e. The van der Waals surface area contributed by atoms with Gasteiger partial charge in [0, 0.05) is 22.7 Å². The van der Waals surface area contributed by atoms with Gasteiger partial charge in [-0.2, -0.15) is 0 Å². The van der Waals surface area contributed by atoms with Crippen molar-refractivity contribution in [3.05, 3.63) is 66.7 Å². The minimum Gasteiger partial charge on any atom is -0.497 e. The molecule has 1 aliphatic rings. The Labute approximate surface area is 210 Å². The molecule has 0 saturated carbocycles. The lowest BCUT2D eigenvalue weighted by molar-refractivity contribution is -0.113. The summed E-state index contributed by atoms with van der Waals surface area (Å²) in [6, 6.07) is 20.8. The third-order valence-electron chi connectivity index (χ3n) is 5.70. The molecular formula is C26H21N5O4S. The monoisotopic (exact) mass is 499 g/mol. The fourth-order valence-corrected chi connectivity index (χ4v) is 4.79. The summed E-state index contributed by atoms with van der Waals surface area (Å²) in [5.74, 6) is 2.65. The number of nitrogens with one attached hydrogen (secondary N) is 1. The number of ether oxygens (including phenoxy) is 3. The standard InChI is InChI=1S/C26H21N5O4S/c1-33-18-6-4-5-16(13-18)24-28-20-8-3-2-7-19(20)25-29-30-26(31(24)25)36-15-23(32)27-17-9-10-21-22(14-17)35-12-11-34-21/h2-10,13-14H,11-12,15H2,1H3,(H,27,32). The summed E-state index contributed by atoms with van der Waals surface area (Å²) >= 11 is 1.29. The number of carbonyl (C=O) groups is 1. The van der Waals surface area contributed by atoms with Gasteiger partial charge in [-0.3, -0.25) is 9.20 Å². The van der Waals surface area contributed by atoms with Gasteiger partial charge in [0.05, 0.1) is 18.4 Å². The van der Waals surface area contributed by atoms with E-state index in [1.807, 2.05) is 52.9 Å². The molecule has 0 spiro atoms. The predicted octanol–water partition coefficient (Wildman–Crippen LogP) is 4.46. The van der Waals surface area contributed by atoms with Gasteiger partial charge < -0.3 is 19.5 Å². The maximum absolute atomic E-state index is 12.8. The van der Waals surface area contributed by atoms with Crippen LogP contribution in [-0.4, -0.2) is 51.6 Å². The SMILES string of the molecule is COc1cccc(-c2nc3ccccc3c3nnc(SCC(=O)Nc4ccc5c(c4)OCCO5)n23)c1. The Kier molecular flexibility index (Phi) is 5.78. The lowest BCUT2D eigenvalue weighted by atomic mass is 10.1. The number of thioether (sulfide) groups is 1. The molecule has 1 aliphatic heterocycles. The summed E-state index contributed by atoms with van der Waals surface area (Å²) in [4.78, 5) is 17.7. The first-order valence-electron chi connectivity index (χ1n) is 11.3. The average molecular weight is 500 g/mol. The largest absolute Gasteiger partial charge is 0.497 e. The molecule has 180 valence electrons. The van der Waals surface area contributed by atoms with Crippen LogP contribution in [0.15, 0.2) is 71.9 Å². The number of hydrogen-bond acceptors (Lipinski definition) is 8. The number of hydrogen-bond donors (Lipinski definition) is 1. The van der Waals surface area contributed by atoms with Crippen molar-refractivity contribution >= 4 is 39.9 Å². The second kappa shape index (κ2) is 9.38. The molecule has 6 rings (SSSR count). The second-order valence-electron chi connectivity index (χ2n) is 8.02. The van der Waals surface area contributed by atoms with Crippen LogP contribution in [0.25, 0.3) is 27.9 Å². The van der Waals surface area contributed by atoms with Crippen molar-refractivity contribution in [1.82, 2.24) is 19.6 Å². The Morgan fingerprint density at radius 2 is 1.89 bits per heavy atom. The highest BCUT2D eigenvalue weighted by molar-refractivity contribution is 7.99. The van der Waals surface area contributed by atoms with Crippen molar-refractivity contribution in [2.75, 3.05) is 31.4 Å². The van der Waals surface area contributed by atoms with Gasteiger partial charge in [0.25, 0.3) is 0 Å². The topological polar surface area (TPSA) is 99.9 Å². The number of benzene rings is 3. The fraction of sp³-hybridized carbons (Fsp3) is 0.154. The van der Waals surface area contributed by atoms with Crippen LogP contribution in [-0.2, 0) is 4.79 Å². The highest BCUT2D eigenvalue weighted by Crippen LogP contribution is 2.33. The minimum absolute atomic E-state index is 0.139. The van der Waals surface area contributed by atoms with Crippen molar-refractivity contribution in [3.8, 4) is 28.6 Å². The first-order chi connectivity index (χ1) is 17.7. The number of aromatic nitrogens is 4. The fourth-order valence-electron chi connectivity index (χ4n) is 4.06. The molecule has 1 amide bonds. The zero-order valence-corrected chi connectivity index (χ0v) is 20.1. The van der Waals surface area contributed by atoms with Gasteiger partial charge in [-0.15, -0.1) is 10.2 Å². The third-order valence-corrected chi connectivity index (χ3v) is 6.63. The average Bonchev–Trinajstić information content (AvgIpc) is 3.36. The van der Waals surface area contributed by atoms with E-state index in [0.717, 1.165) is 22.2 Å². The smallest absolute Gasteiger partial charge is 0.234 e. The summed E-state index contributed by atoms with van der Waals surface area (Å²) in [6.45, 7) is 1.00. The van der Waals surface area contributed by atoms with Crippen LogP contribution in [0.3, 0.4) is 0 Å². The van der Waals surface area contributed by atoms with Crippen molar-refractivity contribution in [2.24, 2.45) is 0 Å². The maximum atomic E-state index is 12.8. The second-order valence-corrected chi connectivity index (χ2v) is 8.96. The number of fused-ring (bicyclic) bond motifs is 4. The van der Waals surface area contributed by atoms with Crippen molar-refractivity contribution < 1.29 is 19.0 Å². The molecule has 36 heavy (non-hydrogen) atoms. The number of methoxy groups -OCH3 is 1. The summed E-state index contributed by atoms with van der Waals surface area (Å²) < 4.78 is 18.4. The predicted molar refractivity (Wildman–Crippen MR) is 137 cm³/mol. The molecule has 3 heterocycles. The Hall–Kier alpha value is -4.31. The van der Waals surface area contributed by atoms with E-state index < -0.39 is 0 Å². The molecule has 9 nitrogen and oxygen atoms in total. The number of carbonyl (C=O) groups excluding carboxylic acids is 1. The van der Waals surface area contributed by atoms with Gasteiger partial charge in [-0.25, -0.2) is 4.98 Å². The Bertz CT molecular complexity index is 1600. The van der Waals surface area contributed by atoms with Gasteiger partial charge in [-0.1, -0.05) is 36.0 Å². The van der Waals surface area contributed by atoms with Gasteiger partial charge in [0.2, 0.25) is 5.91 Å². The number of amides is 1. The first-order valence-corrected chi connectivity index (χ1v) is 12.3. The molecule has 0 fully saturated rings. The van der Waals surface area contributed by atoms with E-state index in [1.54, 1.807) is 25.3 Å². The molecule has 2 aromatic heterocycles. The van der Waals surface area contributed by atoms with Crippen LogP contribution >= 0.6 is 11.8 Å². The van der Waals surface area contributed by atoms with Gasteiger partial charge in [0.1, 0.15) is 24.8 Å². The van der Waals surface area contributed by atoms with Crippen LogP contribution in [0.5, 0.6) is 17.2 Å². The molecule has 0 unspecified atom stereocenters. The van der Waals surface area contributed by atoms with E-state index in [0.29, 0.717) is 47.0 Å². The van der Waals surface area contributed by atoms with Crippen LogP contribution in [0.4, 0.5) is 5.69 Å². The van der Waals surface area contributed by atoms with Crippen LogP contribution in [0, 0.1) is 0 Å². The quantitative estimate of drug-likeness (QED) is 0.342. The first kappa shape index (κ1) is 22.2. The molecule has 0 radical (unpaired) electrons. The Morgan fingerprint density at radius 1 is 1.03 bits per heavy atom. The van der Waals surface area contributed by atoms with Crippen molar-refractivity contribution in [3.63, 3.8) is 0 Å². The lowest BCUT2D eigenvalue weighted by Gasteiger charge is -2.19. The van der Waals surface area contributed by atoms with E-state index in [2.05, 4.69) is 15.5 Å². The minimum atomic E-state index is -0.176. The van der Waals surface area contributed by atoms with E-state index in [9.17, 15) is 4.79 Å². The molecule has 10 heteroatoms. The number of rotatable bonds is 6. The van der Waals surface area contributed by atoms with Crippen molar-refractivity contribution in [2.45, 2.75) is 5.16 Å². The van der Waals surface area contributed by atoms with Gasteiger partial charge in [-0.05, 0) is 36.4 Å². The zero-order valence-electron chi connectivity index (χ0n) is 19.3. The van der Waals surface area contributed by atoms with E-state index >= 15 is 0 Å². The molecule has 0 atom stereocenters. The molecular weight excluding hydrogens is 478 g/mol. The number of anilines is 1. The summed E-state index contributed by atoms with van der Waals surface area (Å²) in [6.07, 6.45) is 0. The Balaban J connectivity index is 1.31. The zero-order chi connectivity index (χ0) is 24.5. The van der Waals surface area contributed by atoms with E-state index in [-0.39, 0.29) is 11.7 Å². The highest BCUT2D eigenvalue weighted by atomic mass is 32.2. The molecule has 0 bridgehead atoms. The molecule has 1 N–H and O–H groups in total. The Morgan fingerprint density at radius 3 is 2.78 bits per heavy atom. The third kappa shape index (κ3) is 4.16. The normalized spacial score (nSPS) is 12.6. The molecule has 0 aliphatic carbocycles. The summed E-state index contributed by atoms with van der Waals surface area (Å²) in [7, 11) is 1.63. The van der Waals surface area contributed by atoms with E-state index in [4.69, 9.17) is 19.2 Å². The van der Waals surface area contributed by atoms with Crippen LogP contribution in [0.1, 0.15) is 0 Å². The van der Waals surface area contributed by atoms with Gasteiger partial charge >= 0.3 is 0 Å². The summed E-state index contributed by atoms with van der Waals surface area (Å²) in [5.41, 5.74) is 2.98. The molecule has 3 aromatic carbocycles.